The number of sulfonamides is 1. The van der Waals surface area contributed by atoms with Crippen LogP contribution in [0.1, 0.15) is 55.1 Å². The Labute approximate surface area is 208 Å². The van der Waals surface area contributed by atoms with Crippen molar-refractivity contribution in [3.05, 3.63) is 77.9 Å². The fraction of sp³-hybridized carbons (Fsp3) is 0.407. The smallest absolute Gasteiger partial charge is 0.251 e. The van der Waals surface area contributed by atoms with Crippen LogP contribution in [0.3, 0.4) is 0 Å². The molecule has 0 unspecified atom stereocenters. The van der Waals surface area contributed by atoms with Crippen LogP contribution < -0.4 is 10.6 Å². The molecule has 0 saturated carbocycles. The van der Waals surface area contributed by atoms with Gasteiger partial charge in [-0.3, -0.25) is 9.59 Å². The van der Waals surface area contributed by atoms with Crippen molar-refractivity contribution in [3.8, 4) is 0 Å². The van der Waals surface area contributed by atoms with Crippen LogP contribution in [0.5, 0.6) is 0 Å². The molecule has 1 fully saturated rings. The first-order valence-corrected chi connectivity index (χ1v) is 13.3. The van der Waals surface area contributed by atoms with E-state index in [2.05, 4.69) is 50.1 Å². The third kappa shape index (κ3) is 7.02. The van der Waals surface area contributed by atoms with E-state index in [-0.39, 0.29) is 28.0 Å². The van der Waals surface area contributed by atoms with Gasteiger partial charge in [-0.05, 0) is 65.6 Å². The van der Waals surface area contributed by atoms with Crippen molar-refractivity contribution in [1.29, 1.82) is 0 Å². The van der Waals surface area contributed by atoms with E-state index in [1.54, 1.807) is 12.1 Å². The first-order valence-electron chi connectivity index (χ1n) is 11.9. The summed E-state index contributed by atoms with van der Waals surface area (Å²) >= 11 is 0. The fourth-order valence-electron chi connectivity index (χ4n) is 4.01. The Balaban J connectivity index is 1.54. The zero-order chi connectivity index (χ0) is 25.6. The second-order valence-electron chi connectivity index (χ2n) is 9.95. The van der Waals surface area contributed by atoms with Gasteiger partial charge in [-0.25, -0.2) is 8.42 Å². The number of hydrogen-bond acceptors (Lipinski definition) is 4. The molecular formula is C27H35N3O4S. The SMILES string of the molecule is C=CC(=O)NCC1CCN(S(=O)(=O)c2ccc(C(=O)NCc3ccc(C(C)(C)C)cc3)cc2)CC1. The molecular weight excluding hydrogens is 462 g/mol. The highest BCUT2D eigenvalue weighted by atomic mass is 32.2. The van der Waals surface area contributed by atoms with Crippen molar-refractivity contribution < 1.29 is 18.0 Å². The van der Waals surface area contributed by atoms with Crippen LogP contribution in [0, 0.1) is 5.92 Å². The maximum atomic E-state index is 13.0. The monoisotopic (exact) mass is 497 g/mol. The molecule has 188 valence electrons. The molecule has 0 atom stereocenters. The lowest BCUT2D eigenvalue weighted by Crippen LogP contribution is -2.41. The van der Waals surface area contributed by atoms with Crippen LogP contribution in [0.2, 0.25) is 0 Å². The summed E-state index contributed by atoms with van der Waals surface area (Å²) in [5, 5.41) is 5.66. The predicted molar refractivity (Wildman–Crippen MR) is 137 cm³/mol. The van der Waals surface area contributed by atoms with Crippen LogP contribution >= 0.6 is 0 Å². The van der Waals surface area contributed by atoms with Crippen LogP contribution in [0.4, 0.5) is 0 Å². The highest BCUT2D eigenvalue weighted by Crippen LogP contribution is 2.24. The molecule has 0 bridgehead atoms. The van der Waals surface area contributed by atoms with E-state index in [0.717, 1.165) is 5.56 Å². The highest BCUT2D eigenvalue weighted by Gasteiger charge is 2.29. The number of piperidine rings is 1. The second kappa shape index (κ2) is 11.2. The number of amides is 2. The van der Waals surface area contributed by atoms with E-state index >= 15 is 0 Å². The molecule has 2 aromatic carbocycles. The standard InChI is InChI=1S/C27H35N3O4S/c1-5-25(31)28-18-21-14-16-30(17-15-21)35(33,34)24-12-8-22(9-13-24)26(32)29-19-20-6-10-23(11-7-20)27(2,3)4/h5-13,21H,1,14-19H2,2-4H3,(H,28,31)(H,29,32). The van der Waals surface area contributed by atoms with Gasteiger partial charge in [0, 0.05) is 31.7 Å². The summed E-state index contributed by atoms with van der Waals surface area (Å²) in [7, 11) is -3.64. The first-order chi connectivity index (χ1) is 16.5. The van der Waals surface area contributed by atoms with Gasteiger partial charge in [0.05, 0.1) is 4.90 Å². The number of rotatable bonds is 8. The lowest BCUT2D eigenvalue weighted by Gasteiger charge is -2.31. The average molecular weight is 498 g/mol. The van der Waals surface area contributed by atoms with E-state index in [1.807, 2.05) is 12.1 Å². The maximum absolute atomic E-state index is 13.0. The number of nitrogens with one attached hydrogen (secondary N) is 2. The van der Waals surface area contributed by atoms with Gasteiger partial charge in [-0.1, -0.05) is 51.6 Å². The Morgan fingerprint density at radius 3 is 2.14 bits per heavy atom. The third-order valence-corrected chi connectivity index (χ3v) is 8.26. The summed E-state index contributed by atoms with van der Waals surface area (Å²) in [6.07, 6.45) is 2.58. The lowest BCUT2D eigenvalue weighted by atomic mass is 9.87. The molecule has 0 aliphatic carbocycles. The van der Waals surface area contributed by atoms with Gasteiger partial charge < -0.3 is 10.6 Å². The van der Waals surface area contributed by atoms with Crippen LogP contribution in [0.15, 0.2) is 66.1 Å². The molecule has 0 radical (unpaired) electrons. The number of carbonyl (C=O) groups is 2. The Kier molecular flexibility index (Phi) is 8.51. The van der Waals surface area contributed by atoms with E-state index in [9.17, 15) is 18.0 Å². The molecule has 8 heteroatoms. The highest BCUT2D eigenvalue weighted by molar-refractivity contribution is 7.89. The Morgan fingerprint density at radius 2 is 1.60 bits per heavy atom. The molecule has 2 aromatic rings. The number of carbonyl (C=O) groups excluding carboxylic acids is 2. The Hall–Kier alpha value is -2.97. The first kappa shape index (κ1) is 26.6. The maximum Gasteiger partial charge on any atom is 0.251 e. The fourth-order valence-corrected chi connectivity index (χ4v) is 5.47. The quantitative estimate of drug-likeness (QED) is 0.545. The summed E-state index contributed by atoms with van der Waals surface area (Å²) in [6.45, 7) is 11.6. The molecule has 1 saturated heterocycles. The summed E-state index contributed by atoms with van der Waals surface area (Å²) in [4.78, 5) is 24.1. The molecule has 35 heavy (non-hydrogen) atoms. The van der Waals surface area contributed by atoms with Gasteiger partial charge in [0.25, 0.3) is 5.91 Å². The molecule has 2 N–H and O–H groups in total. The molecule has 1 heterocycles. The van der Waals surface area contributed by atoms with E-state index in [0.29, 0.717) is 44.6 Å². The van der Waals surface area contributed by atoms with E-state index in [1.165, 1.54) is 28.1 Å². The van der Waals surface area contributed by atoms with Crippen molar-refractivity contribution in [2.75, 3.05) is 19.6 Å². The molecule has 0 aromatic heterocycles. The van der Waals surface area contributed by atoms with Gasteiger partial charge in [0.1, 0.15) is 0 Å². The van der Waals surface area contributed by atoms with Crippen molar-refractivity contribution in [3.63, 3.8) is 0 Å². The molecule has 2 amide bonds. The summed E-state index contributed by atoms with van der Waals surface area (Å²) in [6, 6.07) is 14.2. The molecule has 3 rings (SSSR count). The summed E-state index contributed by atoms with van der Waals surface area (Å²) in [5.74, 6) is -0.236. The van der Waals surface area contributed by atoms with Crippen LogP contribution in [0.25, 0.3) is 0 Å². The Bertz CT molecular complexity index is 1140. The van der Waals surface area contributed by atoms with Crippen molar-refractivity contribution in [2.24, 2.45) is 5.92 Å². The largest absolute Gasteiger partial charge is 0.352 e. The minimum atomic E-state index is -3.64. The second-order valence-corrected chi connectivity index (χ2v) is 11.9. The molecule has 1 aliphatic rings. The predicted octanol–water partition coefficient (Wildman–Crippen LogP) is 3.62. The zero-order valence-corrected chi connectivity index (χ0v) is 21.5. The van der Waals surface area contributed by atoms with E-state index < -0.39 is 10.0 Å². The van der Waals surface area contributed by atoms with Crippen molar-refractivity contribution in [1.82, 2.24) is 14.9 Å². The summed E-state index contributed by atoms with van der Waals surface area (Å²) in [5.41, 5.74) is 2.71. The molecule has 0 spiro atoms. The zero-order valence-electron chi connectivity index (χ0n) is 20.7. The molecule has 7 nitrogen and oxygen atoms in total. The topological polar surface area (TPSA) is 95.6 Å². The van der Waals surface area contributed by atoms with Crippen LogP contribution in [-0.2, 0) is 26.8 Å². The number of benzene rings is 2. The summed E-state index contributed by atoms with van der Waals surface area (Å²) < 4.78 is 27.5. The number of hydrogen-bond donors (Lipinski definition) is 2. The van der Waals surface area contributed by atoms with Crippen LogP contribution in [-0.4, -0.2) is 44.2 Å². The lowest BCUT2D eigenvalue weighted by molar-refractivity contribution is -0.116. The van der Waals surface area contributed by atoms with Crippen molar-refractivity contribution in [2.45, 2.75) is 50.5 Å². The van der Waals surface area contributed by atoms with Crippen molar-refractivity contribution >= 4 is 21.8 Å². The van der Waals surface area contributed by atoms with E-state index in [4.69, 9.17) is 0 Å². The molecule has 1 aliphatic heterocycles. The minimum absolute atomic E-state index is 0.0722. The normalized spacial score (nSPS) is 15.4. The average Bonchev–Trinajstić information content (AvgIpc) is 2.85. The van der Waals surface area contributed by atoms with Gasteiger partial charge in [-0.2, -0.15) is 4.31 Å². The van der Waals surface area contributed by atoms with Gasteiger partial charge in [0.2, 0.25) is 15.9 Å². The third-order valence-electron chi connectivity index (χ3n) is 6.35. The van der Waals surface area contributed by atoms with Gasteiger partial charge >= 0.3 is 0 Å². The van der Waals surface area contributed by atoms with Gasteiger partial charge in [-0.15, -0.1) is 0 Å². The van der Waals surface area contributed by atoms with Gasteiger partial charge in [0.15, 0.2) is 0 Å². The minimum Gasteiger partial charge on any atom is -0.352 e. The number of nitrogens with zero attached hydrogens (tertiary/aromatic N) is 1. The Morgan fingerprint density at radius 1 is 1.00 bits per heavy atom.